The molecule has 0 heterocycles. The van der Waals surface area contributed by atoms with Crippen molar-refractivity contribution in [1.29, 1.82) is 0 Å². The second-order valence-corrected chi connectivity index (χ2v) is 3.93. The van der Waals surface area contributed by atoms with Crippen molar-refractivity contribution in [2.75, 3.05) is 0 Å². The van der Waals surface area contributed by atoms with E-state index in [0.717, 1.165) is 37.7 Å². The minimum Gasteiger partial charge on any atom is -0.459 e. The van der Waals surface area contributed by atoms with E-state index in [1.807, 2.05) is 0 Å². The molecule has 1 fully saturated rings. The van der Waals surface area contributed by atoms with Gasteiger partial charge in [0.05, 0.1) is 0 Å². The van der Waals surface area contributed by atoms with Crippen molar-refractivity contribution in [3.63, 3.8) is 0 Å². The molecule has 0 bridgehead atoms. The second kappa shape index (κ2) is 3.95. The van der Waals surface area contributed by atoms with E-state index >= 15 is 0 Å². The first-order valence-corrected chi connectivity index (χ1v) is 5.26. The summed E-state index contributed by atoms with van der Waals surface area (Å²) >= 11 is 0. The van der Waals surface area contributed by atoms with Crippen LogP contribution in [-0.4, -0.2) is 12.1 Å². The molecule has 0 saturated heterocycles. The van der Waals surface area contributed by atoms with E-state index in [0.29, 0.717) is 0 Å². The molecule has 0 aromatic carbocycles. The quantitative estimate of drug-likeness (QED) is 0.610. The third-order valence-corrected chi connectivity index (χ3v) is 2.60. The SMILES string of the molecule is O=C(OC1CC1)C1=CCCCCC1. The largest absolute Gasteiger partial charge is 0.459 e. The third kappa shape index (κ3) is 2.58. The average molecular weight is 180 g/mol. The van der Waals surface area contributed by atoms with Crippen molar-refractivity contribution in [2.24, 2.45) is 0 Å². The predicted molar refractivity (Wildman–Crippen MR) is 50.3 cm³/mol. The Morgan fingerprint density at radius 3 is 2.92 bits per heavy atom. The molecule has 1 saturated carbocycles. The van der Waals surface area contributed by atoms with Gasteiger partial charge < -0.3 is 4.74 Å². The van der Waals surface area contributed by atoms with Crippen LogP contribution in [0.4, 0.5) is 0 Å². The summed E-state index contributed by atoms with van der Waals surface area (Å²) in [4.78, 5) is 11.5. The first-order chi connectivity index (χ1) is 6.36. The number of carbonyl (C=O) groups excluding carboxylic acids is 1. The molecular formula is C11H16O2. The van der Waals surface area contributed by atoms with Gasteiger partial charge in [-0.1, -0.05) is 12.5 Å². The van der Waals surface area contributed by atoms with Crippen LogP contribution in [-0.2, 0) is 9.53 Å². The lowest BCUT2D eigenvalue weighted by Crippen LogP contribution is -2.09. The zero-order chi connectivity index (χ0) is 9.10. The summed E-state index contributed by atoms with van der Waals surface area (Å²) in [6.07, 6.45) is 10.0. The van der Waals surface area contributed by atoms with Gasteiger partial charge in [-0.05, 0) is 38.5 Å². The maximum absolute atomic E-state index is 11.5. The molecule has 0 N–H and O–H groups in total. The van der Waals surface area contributed by atoms with Gasteiger partial charge in [-0.3, -0.25) is 0 Å². The van der Waals surface area contributed by atoms with Gasteiger partial charge in [0.15, 0.2) is 0 Å². The summed E-state index contributed by atoms with van der Waals surface area (Å²) in [6, 6.07) is 0. The van der Waals surface area contributed by atoms with E-state index in [-0.39, 0.29) is 12.1 Å². The van der Waals surface area contributed by atoms with E-state index in [1.54, 1.807) is 0 Å². The summed E-state index contributed by atoms with van der Waals surface area (Å²) in [5.41, 5.74) is 0.921. The van der Waals surface area contributed by atoms with Crippen LogP contribution < -0.4 is 0 Å². The summed E-state index contributed by atoms with van der Waals surface area (Å²) in [6.45, 7) is 0. The maximum atomic E-state index is 11.5. The average Bonchev–Trinajstić information content (AvgIpc) is 2.87. The van der Waals surface area contributed by atoms with Crippen molar-refractivity contribution in [3.05, 3.63) is 11.6 Å². The van der Waals surface area contributed by atoms with E-state index in [1.165, 1.54) is 12.8 Å². The zero-order valence-electron chi connectivity index (χ0n) is 7.92. The Labute approximate surface area is 79.0 Å². The molecule has 0 unspecified atom stereocenters. The van der Waals surface area contributed by atoms with Crippen LogP contribution in [0.2, 0.25) is 0 Å². The fraction of sp³-hybridized carbons (Fsp3) is 0.727. The zero-order valence-corrected chi connectivity index (χ0v) is 7.92. The molecular weight excluding hydrogens is 164 g/mol. The summed E-state index contributed by atoms with van der Waals surface area (Å²) in [7, 11) is 0. The Morgan fingerprint density at radius 2 is 2.15 bits per heavy atom. The van der Waals surface area contributed by atoms with E-state index in [2.05, 4.69) is 6.08 Å². The first kappa shape index (κ1) is 8.79. The Balaban J connectivity index is 1.88. The van der Waals surface area contributed by atoms with Crippen LogP contribution >= 0.6 is 0 Å². The minimum atomic E-state index is -0.0515. The molecule has 2 rings (SSSR count). The molecule has 0 spiro atoms. The highest BCUT2D eigenvalue weighted by Gasteiger charge is 2.27. The summed E-state index contributed by atoms with van der Waals surface area (Å²) in [5, 5.41) is 0. The Bertz CT molecular complexity index is 226. The van der Waals surface area contributed by atoms with Crippen LogP contribution in [0, 0.1) is 0 Å². The van der Waals surface area contributed by atoms with Gasteiger partial charge in [-0.15, -0.1) is 0 Å². The lowest BCUT2D eigenvalue weighted by molar-refractivity contribution is -0.140. The number of hydrogen-bond donors (Lipinski definition) is 0. The van der Waals surface area contributed by atoms with Crippen LogP contribution in [0.5, 0.6) is 0 Å². The molecule has 13 heavy (non-hydrogen) atoms. The van der Waals surface area contributed by atoms with Crippen LogP contribution in [0.15, 0.2) is 11.6 Å². The molecule has 0 aromatic heterocycles. The van der Waals surface area contributed by atoms with E-state index in [9.17, 15) is 4.79 Å². The molecule has 0 radical (unpaired) electrons. The molecule has 0 amide bonds. The summed E-state index contributed by atoms with van der Waals surface area (Å²) in [5.74, 6) is -0.0515. The predicted octanol–water partition coefficient (Wildman–Crippen LogP) is 2.58. The first-order valence-electron chi connectivity index (χ1n) is 5.26. The highest BCUT2D eigenvalue weighted by molar-refractivity contribution is 5.88. The molecule has 2 heteroatoms. The Hall–Kier alpha value is -0.790. The fourth-order valence-corrected chi connectivity index (χ4v) is 1.61. The highest BCUT2D eigenvalue weighted by atomic mass is 16.5. The second-order valence-electron chi connectivity index (χ2n) is 3.93. The molecule has 72 valence electrons. The van der Waals surface area contributed by atoms with Gasteiger partial charge in [0.25, 0.3) is 0 Å². The molecule has 2 aliphatic rings. The lowest BCUT2D eigenvalue weighted by Gasteiger charge is -2.04. The van der Waals surface area contributed by atoms with Crippen molar-refractivity contribution in [3.8, 4) is 0 Å². The third-order valence-electron chi connectivity index (χ3n) is 2.60. The molecule has 0 atom stereocenters. The molecule has 2 nitrogen and oxygen atoms in total. The maximum Gasteiger partial charge on any atom is 0.333 e. The Kier molecular flexibility index (Phi) is 2.67. The lowest BCUT2D eigenvalue weighted by atomic mass is 10.1. The van der Waals surface area contributed by atoms with Gasteiger partial charge >= 0.3 is 5.97 Å². The van der Waals surface area contributed by atoms with Gasteiger partial charge in [-0.2, -0.15) is 0 Å². The van der Waals surface area contributed by atoms with Crippen molar-refractivity contribution in [1.82, 2.24) is 0 Å². The summed E-state index contributed by atoms with van der Waals surface area (Å²) < 4.78 is 5.25. The van der Waals surface area contributed by atoms with Gasteiger partial charge in [0.2, 0.25) is 0 Å². The number of esters is 1. The minimum absolute atomic E-state index is 0.0515. The molecule has 0 aliphatic heterocycles. The van der Waals surface area contributed by atoms with Gasteiger partial charge in [0.1, 0.15) is 6.10 Å². The number of hydrogen-bond acceptors (Lipinski definition) is 2. The standard InChI is InChI=1S/C11H16O2/c12-11(13-10-7-8-10)9-5-3-1-2-4-6-9/h5,10H,1-4,6-8H2. The molecule has 0 aromatic rings. The van der Waals surface area contributed by atoms with Gasteiger partial charge in [-0.25, -0.2) is 4.79 Å². The normalized spacial score (nSPS) is 23.2. The number of carbonyl (C=O) groups is 1. The highest BCUT2D eigenvalue weighted by Crippen LogP contribution is 2.26. The smallest absolute Gasteiger partial charge is 0.333 e. The molecule has 2 aliphatic carbocycles. The number of allylic oxidation sites excluding steroid dienone is 1. The van der Waals surface area contributed by atoms with Crippen LogP contribution in [0.3, 0.4) is 0 Å². The monoisotopic (exact) mass is 180 g/mol. The van der Waals surface area contributed by atoms with E-state index in [4.69, 9.17) is 4.74 Å². The fourth-order valence-electron chi connectivity index (χ4n) is 1.61. The van der Waals surface area contributed by atoms with E-state index < -0.39 is 0 Å². The number of ether oxygens (including phenoxy) is 1. The van der Waals surface area contributed by atoms with Crippen LogP contribution in [0.25, 0.3) is 0 Å². The van der Waals surface area contributed by atoms with Crippen molar-refractivity contribution >= 4 is 5.97 Å². The Morgan fingerprint density at radius 1 is 1.31 bits per heavy atom. The number of rotatable bonds is 2. The van der Waals surface area contributed by atoms with Crippen LogP contribution in [0.1, 0.15) is 44.9 Å². The van der Waals surface area contributed by atoms with Crippen molar-refractivity contribution in [2.45, 2.75) is 51.0 Å². The van der Waals surface area contributed by atoms with Crippen molar-refractivity contribution < 1.29 is 9.53 Å². The van der Waals surface area contributed by atoms with Gasteiger partial charge in [0, 0.05) is 5.57 Å². The topological polar surface area (TPSA) is 26.3 Å².